The normalized spacial score (nSPS) is 17.5. The second-order valence-corrected chi connectivity index (χ2v) is 6.99. The second kappa shape index (κ2) is 10.0. The maximum absolute atomic E-state index is 12.9. The molecular formula is C20H29N3O3. The number of nitrogens with zero attached hydrogens (tertiary/aromatic N) is 2. The van der Waals surface area contributed by atoms with E-state index in [-0.39, 0.29) is 18.2 Å². The average molecular weight is 359 g/mol. The summed E-state index contributed by atoms with van der Waals surface area (Å²) in [4.78, 5) is 29.0. The van der Waals surface area contributed by atoms with E-state index in [1.54, 1.807) is 24.2 Å². The third kappa shape index (κ3) is 5.92. The summed E-state index contributed by atoms with van der Waals surface area (Å²) in [7, 11) is 0. The second-order valence-electron chi connectivity index (χ2n) is 6.99. The predicted molar refractivity (Wildman–Crippen MR) is 100 cm³/mol. The lowest BCUT2D eigenvalue weighted by molar-refractivity contribution is -0.139. The maximum atomic E-state index is 12.9. The van der Waals surface area contributed by atoms with Gasteiger partial charge in [0.1, 0.15) is 5.76 Å². The predicted octanol–water partition coefficient (Wildman–Crippen LogP) is 1.87. The molecule has 0 aromatic carbocycles. The van der Waals surface area contributed by atoms with E-state index in [2.05, 4.69) is 35.9 Å². The van der Waals surface area contributed by atoms with Crippen LogP contribution in [0.1, 0.15) is 39.4 Å². The molecule has 142 valence electrons. The molecule has 0 saturated carbocycles. The van der Waals surface area contributed by atoms with E-state index < -0.39 is 6.04 Å². The van der Waals surface area contributed by atoms with Crippen LogP contribution in [-0.4, -0.2) is 53.8 Å². The third-order valence-corrected chi connectivity index (χ3v) is 4.53. The van der Waals surface area contributed by atoms with Gasteiger partial charge in [0, 0.05) is 13.1 Å². The van der Waals surface area contributed by atoms with E-state index in [1.165, 1.54) is 0 Å². The van der Waals surface area contributed by atoms with Gasteiger partial charge in [-0.2, -0.15) is 0 Å². The Labute approximate surface area is 155 Å². The summed E-state index contributed by atoms with van der Waals surface area (Å²) < 4.78 is 5.36. The Morgan fingerprint density at radius 2 is 2.31 bits per heavy atom. The number of amides is 2. The van der Waals surface area contributed by atoms with Gasteiger partial charge in [-0.05, 0) is 37.9 Å². The number of hydrogen-bond donors (Lipinski definition) is 1. The fourth-order valence-corrected chi connectivity index (χ4v) is 2.97. The molecule has 0 bridgehead atoms. The van der Waals surface area contributed by atoms with Crippen LogP contribution in [0.5, 0.6) is 0 Å². The van der Waals surface area contributed by atoms with Crippen molar-refractivity contribution >= 4 is 11.8 Å². The smallest absolute Gasteiger partial charge is 0.237 e. The van der Waals surface area contributed by atoms with Gasteiger partial charge in [-0.3, -0.25) is 14.5 Å². The van der Waals surface area contributed by atoms with Crippen molar-refractivity contribution in [1.29, 1.82) is 0 Å². The Morgan fingerprint density at radius 1 is 1.50 bits per heavy atom. The summed E-state index contributed by atoms with van der Waals surface area (Å²) in [6, 6.07) is 3.22. The summed E-state index contributed by atoms with van der Waals surface area (Å²) >= 11 is 0. The van der Waals surface area contributed by atoms with Crippen molar-refractivity contribution in [1.82, 2.24) is 15.1 Å². The van der Waals surface area contributed by atoms with Crippen LogP contribution >= 0.6 is 0 Å². The number of furan rings is 1. The molecule has 1 aromatic rings. The highest BCUT2D eigenvalue weighted by atomic mass is 16.3. The van der Waals surface area contributed by atoms with Gasteiger partial charge in [-0.25, -0.2) is 0 Å². The van der Waals surface area contributed by atoms with Crippen molar-refractivity contribution in [3.63, 3.8) is 0 Å². The van der Waals surface area contributed by atoms with Gasteiger partial charge in [-0.15, -0.1) is 5.92 Å². The van der Waals surface area contributed by atoms with Crippen LogP contribution in [0.2, 0.25) is 0 Å². The summed E-state index contributed by atoms with van der Waals surface area (Å²) in [6.07, 6.45) is 2.76. The molecule has 1 fully saturated rings. The molecule has 0 spiro atoms. The zero-order chi connectivity index (χ0) is 18.9. The molecule has 6 nitrogen and oxygen atoms in total. The summed E-state index contributed by atoms with van der Waals surface area (Å²) in [5.41, 5.74) is 0. The zero-order valence-corrected chi connectivity index (χ0v) is 16.0. The number of nitrogens with one attached hydrogen (secondary N) is 1. The first-order valence-electron chi connectivity index (χ1n) is 9.22. The van der Waals surface area contributed by atoms with Gasteiger partial charge in [0.2, 0.25) is 11.8 Å². The molecule has 1 unspecified atom stereocenters. The summed E-state index contributed by atoms with van der Waals surface area (Å²) in [5.74, 6) is 6.89. The molecule has 1 saturated heterocycles. The minimum absolute atomic E-state index is 0.0621. The quantitative estimate of drug-likeness (QED) is 0.720. The van der Waals surface area contributed by atoms with Crippen molar-refractivity contribution in [3.8, 4) is 11.8 Å². The minimum Gasteiger partial charge on any atom is -0.467 e. The van der Waals surface area contributed by atoms with Crippen LogP contribution in [0.4, 0.5) is 0 Å². The highest BCUT2D eigenvalue weighted by molar-refractivity contribution is 5.89. The molecule has 1 aromatic heterocycles. The Morgan fingerprint density at radius 3 is 2.96 bits per heavy atom. The van der Waals surface area contributed by atoms with Crippen molar-refractivity contribution < 1.29 is 14.0 Å². The van der Waals surface area contributed by atoms with Gasteiger partial charge in [0.15, 0.2) is 0 Å². The van der Waals surface area contributed by atoms with Gasteiger partial charge in [0.25, 0.3) is 0 Å². The van der Waals surface area contributed by atoms with Crippen molar-refractivity contribution in [2.45, 2.75) is 46.2 Å². The number of carbonyl (C=O) groups is 2. The largest absolute Gasteiger partial charge is 0.467 e. The summed E-state index contributed by atoms with van der Waals surface area (Å²) in [5, 5.41) is 2.88. The fourth-order valence-electron chi connectivity index (χ4n) is 2.97. The van der Waals surface area contributed by atoms with E-state index in [4.69, 9.17) is 4.42 Å². The molecule has 1 aliphatic rings. The molecule has 2 rings (SSSR count). The molecule has 0 aliphatic carbocycles. The lowest BCUT2D eigenvalue weighted by Crippen LogP contribution is -2.56. The molecule has 1 aliphatic heterocycles. The molecule has 1 N–H and O–H groups in total. The Balaban J connectivity index is 2.05. The average Bonchev–Trinajstić information content (AvgIpc) is 3.12. The first kappa shape index (κ1) is 20.1. The van der Waals surface area contributed by atoms with Crippen LogP contribution < -0.4 is 5.32 Å². The Hall–Kier alpha value is -2.26. The highest BCUT2D eigenvalue weighted by Crippen LogP contribution is 2.15. The first-order valence-corrected chi connectivity index (χ1v) is 9.22. The van der Waals surface area contributed by atoms with E-state index >= 15 is 0 Å². The molecular weight excluding hydrogens is 330 g/mol. The van der Waals surface area contributed by atoms with Crippen LogP contribution in [-0.2, 0) is 16.1 Å². The first-order chi connectivity index (χ1) is 12.5. The topological polar surface area (TPSA) is 65.8 Å². The number of carbonyl (C=O) groups excluding carboxylic acids is 2. The van der Waals surface area contributed by atoms with Crippen molar-refractivity contribution in [3.05, 3.63) is 24.2 Å². The molecule has 2 amide bonds. The van der Waals surface area contributed by atoms with Crippen LogP contribution in [0.15, 0.2) is 22.8 Å². The fraction of sp³-hybridized carbons (Fsp3) is 0.600. The van der Waals surface area contributed by atoms with Gasteiger partial charge in [0.05, 0.1) is 31.8 Å². The lowest BCUT2D eigenvalue weighted by Gasteiger charge is -2.36. The third-order valence-electron chi connectivity index (χ3n) is 4.53. The molecule has 2 heterocycles. The van der Waals surface area contributed by atoms with Crippen molar-refractivity contribution in [2.75, 3.05) is 26.2 Å². The van der Waals surface area contributed by atoms with Crippen LogP contribution in [0.3, 0.4) is 0 Å². The van der Waals surface area contributed by atoms with E-state index in [0.29, 0.717) is 31.3 Å². The van der Waals surface area contributed by atoms with Gasteiger partial charge in [-0.1, -0.05) is 19.8 Å². The van der Waals surface area contributed by atoms with E-state index in [9.17, 15) is 9.59 Å². The SMILES string of the molecule is CC#CCN(Cc1ccco1)C(=O)CC1C(=O)NCCN1CCC(C)C. The zero-order valence-electron chi connectivity index (χ0n) is 16.0. The molecule has 0 radical (unpaired) electrons. The highest BCUT2D eigenvalue weighted by Gasteiger charge is 2.32. The molecule has 1 atom stereocenters. The monoisotopic (exact) mass is 359 g/mol. The van der Waals surface area contributed by atoms with Crippen LogP contribution in [0, 0.1) is 17.8 Å². The van der Waals surface area contributed by atoms with E-state index in [0.717, 1.165) is 19.5 Å². The Bertz CT molecular complexity index is 643. The minimum atomic E-state index is -0.413. The number of rotatable bonds is 8. The van der Waals surface area contributed by atoms with Crippen molar-refractivity contribution in [2.24, 2.45) is 5.92 Å². The van der Waals surface area contributed by atoms with Crippen LogP contribution in [0.25, 0.3) is 0 Å². The number of hydrogen-bond acceptors (Lipinski definition) is 4. The molecule has 6 heteroatoms. The van der Waals surface area contributed by atoms with Gasteiger partial charge < -0.3 is 14.6 Å². The lowest BCUT2D eigenvalue weighted by atomic mass is 10.0. The standard InChI is InChI=1S/C20H29N3O3/c1-4-5-10-23(15-17-7-6-13-26-17)19(24)14-18-20(25)21-9-12-22(18)11-8-16(2)3/h6-7,13,16,18H,8-12,14-15H2,1-3H3,(H,21,25). The summed E-state index contributed by atoms with van der Waals surface area (Å²) in [6.45, 7) is 9.02. The molecule has 26 heavy (non-hydrogen) atoms. The van der Waals surface area contributed by atoms with Gasteiger partial charge >= 0.3 is 0 Å². The number of piperazine rings is 1. The Kier molecular flexibility index (Phi) is 7.73. The maximum Gasteiger partial charge on any atom is 0.237 e. The van der Waals surface area contributed by atoms with E-state index in [1.807, 2.05) is 6.07 Å².